The minimum Gasteiger partial charge on any atom is -0.545 e. The number of thioether (sulfide) groups is 1. The molecule has 2 aromatic rings. The van der Waals surface area contributed by atoms with Gasteiger partial charge in [0.15, 0.2) is 5.83 Å². The molecule has 3 N–H and O–H groups in total. The first-order valence-electron chi connectivity index (χ1n) is 16.3. The second-order valence-corrected chi connectivity index (χ2v) is 14.3. The number of benzene rings is 1. The zero-order chi connectivity index (χ0) is 37.0. The van der Waals surface area contributed by atoms with Crippen LogP contribution in [0.5, 0.6) is 0 Å². The Kier molecular flexibility index (Phi) is 14.1. The quantitative estimate of drug-likeness (QED) is 0.122. The average Bonchev–Trinajstić information content (AvgIpc) is 3.50. The van der Waals surface area contributed by atoms with Gasteiger partial charge in [-0.3, -0.25) is 9.59 Å². The first-order valence-corrected chi connectivity index (χ1v) is 17.3. The summed E-state index contributed by atoms with van der Waals surface area (Å²) >= 11 is 1.17. The average molecular weight is 774 g/mol. The van der Waals surface area contributed by atoms with Crippen LogP contribution in [-0.4, -0.2) is 52.5 Å². The van der Waals surface area contributed by atoms with Gasteiger partial charge in [-0.15, -0.1) is 11.8 Å². The van der Waals surface area contributed by atoms with Gasteiger partial charge in [0.2, 0.25) is 5.91 Å². The number of allylic oxidation sites excluding steroid dienone is 1. The number of carboxylic acids is 2. The molecular weight excluding hydrogens is 733 g/mol. The number of aliphatic imine (C=N–C) groups is 1. The summed E-state index contributed by atoms with van der Waals surface area (Å²) in [7, 11) is 0. The monoisotopic (exact) mass is 772 g/mol. The Morgan fingerprint density at radius 1 is 1.02 bits per heavy atom. The zero-order valence-corrected chi connectivity index (χ0v) is 33.6. The Bertz CT molecular complexity index is 1790. The van der Waals surface area contributed by atoms with Crippen molar-refractivity contribution in [3.8, 4) is 0 Å². The van der Waals surface area contributed by atoms with E-state index >= 15 is 4.39 Å². The smallest absolute Gasteiger partial charge is 0.342 e. The predicted molar refractivity (Wildman–Crippen MR) is 184 cm³/mol. The van der Waals surface area contributed by atoms with E-state index in [-0.39, 0.29) is 95.1 Å². The van der Waals surface area contributed by atoms with Gasteiger partial charge >= 0.3 is 11.9 Å². The van der Waals surface area contributed by atoms with Gasteiger partial charge < -0.3 is 35.4 Å². The van der Waals surface area contributed by atoms with Crippen LogP contribution >= 0.6 is 11.8 Å². The Morgan fingerprint density at radius 2 is 1.65 bits per heavy atom. The molecule has 2 amide bonds. The molecule has 0 radical (unpaired) electrons. The van der Waals surface area contributed by atoms with Crippen LogP contribution in [0.25, 0.3) is 5.83 Å². The van der Waals surface area contributed by atoms with E-state index in [1.54, 1.807) is 13.8 Å². The Morgan fingerprint density at radius 3 is 2.24 bits per heavy atom. The third kappa shape index (κ3) is 9.82. The molecule has 2 atom stereocenters. The van der Waals surface area contributed by atoms with Gasteiger partial charge in [0.05, 0.1) is 11.5 Å². The van der Waals surface area contributed by atoms with Gasteiger partial charge in [-0.2, -0.15) is 0 Å². The third-order valence-corrected chi connectivity index (χ3v) is 10.0. The molecule has 0 bridgehead atoms. The molecule has 2 aliphatic rings. The topological polar surface area (TPSA) is 188 Å². The van der Waals surface area contributed by atoms with Crippen LogP contribution < -0.4 is 20.7 Å². The summed E-state index contributed by atoms with van der Waals surface area (Å²) in [4.78, 5) is 70.4. The number of nitrogens with one attached hydrogen (secondary N) is 2. The van der Waals surface area contributed by atoms with Crippen molar-refractivity contribution in [1.82, 2.24) is 10.3 Å². The molecule has 2 heterocycles. The van der Waals surface area contributed by atoms with Crippen molar-refractivity contribution >= 4 is 59.0 Å². The van der Waals surface area contributed by atoms with Crippen LogP contribution in [-0.2, 0) is 38.6 Å². The van der Waals surface area contributed by atoms with E-state index in [4.69, 9.17) is 4.74 Å². The Labute approximate surface area is 312 Å². The minimum atomic E-state index is -1.51. The van der Waals surface area contributed by atoms with Crippen molar-refractivity contribution in [3.63, 3.8) is 0 Å². The van der Waals surface area contributed by atoms with Gasteiger partial charge in [-0.25, -0.2) is 19.0 Å². The maximum absolute atomic E-state index is 16.2. The van der Waals surface area contributed by atoms with Crippen LogP contribution in [0.4, 0.5) is 10.2 Å². The second kappa shape index (κ2) is 17.4. The molecule has 12 nitrogen and oxygen atoms in total. The molecule has 1 saturated carbocycles. The van der Waals surface area contributed by atoms with Crippen LogP contribution in [0.1, 0.15) is 97.8 Å². The molecule has 4 rings (SSSR count). The molecule has 1 aromatic carbocycles. The van der Waals surface area contributed by atoms with Crippen LogP contribution in [0.15, 0.2) is 44.9 Å². The van der Waals surface area contributed by atoms with Crippen molar-refractivity contribution in [3.05, 3.63) is 63.0 Å². The van der Waals surface area contributed by atoms with E-state index in [0.717, 1.165) is 18.9 Å². The van der Waals surface area contributed by atoms with Gasteiger partial charge in [0.1, 0.15) is 29.1 Å². The number of rotatable bonds is 11. The summed E-state index contributed by atoms with van der Waals surface area (Å²) in [6.45, 7) is 12.4. The first-order chi connectivity index (χ1) is 23.5. The van der Waals surface area contributed by atoms with Crippen LogP contribution in [0, 0.1) is 31.6 Å². The number of amidine groups is 1. The van der Waals surface area contributed by atoms with Crippen molar-refractivity contribution in [2.75, 3.05) is 11.1 Å². The SMILES string of the molecule is CC(=O)Nc1[n-]c(/C(F)=C2\N=C(NC(=O)CCCSc3cc(C(=O)[O-])cc(C(=O)O)c3)C(C(=O)OC3C(C)CC(C)CC3C)=C2C)c(C)c1C.[Zn]. The molecule has 1 aliphatic carbocycles. The fourth-order valence-corrected chi connectivity index (χ4v) is 7.45. The number of halogens is 1. The number of carbonyl (C=O) groups is 5. The number of anilines is 1. The molecule has 2 unspecified atom stereocenters. The molecule has 0 spiro atoms. The molecule has 1 fully saturated rings. The number of ether oxygens (including phenoxy) is 1. The number of carboxylic acid groups (broad SMARTS) is 2. The number of hydrogen-bond acceptors (Lipinski definition) is 9. The number of nitrogens with zero attached hydrogens (tertiary/aromatic N) is 2. The van der Waals surface area contributed by atoms with Gasteiger partial charge in [-0.1, -0.05) is 26.6 Å². The number of amides is 2. The van der Waals surface area contributed by atoms with E-state index in [1.807, 2.05) is 13.8 Å². The van der Waals surface area contributed by atoms with Crippen molar-refractivity contribution < 1.29 is 62.8 Å². The molecular formula is C36H41FN4O8SZn-2. The van der Waals surface area contributed by atoms with Gasteiger partial charge in [-0.05, 0) is 111 Å². The van der Waals surface area contributed by atoms with E-state index in [1.165, 1.54) is 37.7 Å². The van der Waals surface area contributed by atoms with Crippen molar-refractivity contribution in [2.24, 2.45) is 22.7 Å². The largest absolute Gasteiger partial charge is 0.545 e. The van der Waals surface area contributed by atoms with E-state index in [9.17, 15) is 34.2 Å². The molecule has 270 valence electrons. The number of carbonyl (C=O) groups excluding carboxylic acids is 4. The molecule has 15 heteroatoms. The fraction of sp³-hybridized carbons (Fsp3) is 0.444. The van der Waals surface area contributed by atoms with Crippen LogP contribution in [0.3, 0.4) is 0 Å². The number of aromatic nitrogens is 1. The zero-order valence-electron chi connectivity index (χ0n) is 29.8. The Hall–Kier alpha value is -4.10. The number of hydrogen-bond donors (Lipinski definition) is 3. The van der Waals surface area contributed by atoms with Gasteiger partial charge in [0.25, 0.3) is 0 Å². The summed E-state index contributed by atoms with van der Waals surface area (Å²) in [5.41, 5.74) is 0.398. The fourth-order valence-electron chi connectivity index (χ4n) is 6.50. The third-order valence-electron chi connectivity index (χ3n) is 8.98. The van der Waals surface area contributed by atoms with Crippen molar-refractivity contribution in [1.29, 1.82) is 0 Å². The van der Waals surface area contributed by atoms with E-state index in [2.05, 4.69) is 27.5 Å². The number of aromatic carboxylic acids is 2. The molecule has 1 aromatic heterocycles. The Balaban J connectivity index is 0.00000702. The van der Waals surface area contributed by atoms with E-state index in [0.29, 0.717) is 34.1 Å². The first kappa shape index (κ1) is 41.3. The molecule has 1 aliphatic heterocycles. The molecule has 0 saturated heterocycles. The molecule has 51 heavy (non-hydrogen) atoms. The summed E-state index contributed by atoms with van der Waals surface area (Å²) in [6.07, 6.45) is 1.62. The summed E-state index contributed by atoms with van der Waals surface area (Å²) in [5.74, 6) is -4.23. The standard InChI is InChI=1S/C36H43FN4O8S.Zn/c1-16-11-17(2)31(18(3)12-16)49-36(48)27-21(6)30(28(37)29-19(4)20(5)32(40-29)38-22(7)42)41-33(27)39-26(43)9-8-10-50-25-14-23(34(44)45)13-24(15-25)35(46)47;/h13-18,31H,8-12H2,1-7H3,(H5,38,39,40,41,42,43,44,45,46,47,48);/p-2. The van der Waals surface area contributed by atoms with Crippen molar-refractivity contribution in [2.45, 2.75) is 85.1 Å². The number of esters is 1. The van der Waals surface area contributed by atoms with Gasteiger partial charge in [0, 0.05) is 36.5 Å². The maximum atomic E-state index is 16.2. The summed E-state index contributed by atoms with van der Waals surface area (Å²) < 4.78 is 22.3. The summed E-state index contributed by atoms with van der Waals surface area (Å²) in [5, 5.41) is 25.9. The predicted octanol–water partition coefficient (Wildman–Crippen LogP) is 4.95. The summed E-state index contributed by atoms with van der Waals surface area (Å²) in [6, 6.07) is 3.64. The van der Waals surface area contributed by atoms with Crippen LogP contribution in [0.2, 0.25) is 0 Å². The minimum absolute atomic E-state index is 0. The maximum Gasteiger partial charge on any atom is 0.342 e. The second-order valence-electron chi connectivity index (χ2n) is 13.1. The normalized spacial score (nSPS) is 21.0. The van der Waals surface area contributed by atoms with E-state index < -0.39 is 29.6 Å².